The number of rotatable bonds is 6. The summed E-state index contributed by atoms with van der Waals surface area (Å²) in [5.41, 5.74) is 2.51. The van der Waals surface area contributed by atoms with Crippen molar-refractivity contribution in [2.45, 2.75) is 19.6 Å². The van der Waals surface area contributed by atoms with Crippen LogP contribution in [0.25, 0.3) is 0 Å². The van der Waals surface area contributed by atoms with Crippen LogP contribution in [0.15, 0.2) is 53.7 Å². The lowest BCUT2D eigenvalue weighted by atomic mass is 9.95. The number of nitrogens with one attached hydrogen (secondary N) is 2. The fourth-order valence-electron chi connectivity index (χ4n) is 3.10. The summed E-state index contributed by atoms with van der Waals surface area (Å²) in [7, 11) is 2.86. The number of benzene rings is 2. The van der Waals surface area contributed by atoms with Gasteiger partial charge in [0.15, 0.2) is 11.5 Å². The molecular weight excluding hydrogens is 487 g/mol. The zero-order valence-electron chi connectivity index (χ0n) is 16.2. The first-order valence-electron chi connectivity index (χ1n) is 8.85. The molecule has 29 heavy (non-hydrogen) atoms. The third kappa shape index (κ3) is 4.64. The number of hydrogen-bond donors (Lipinski definition) is 2. The van der Waals surface area contributed by atoms with E-state index in [-0.39, 0.29) is 0 Å². The Morgan fingerprint density at radius 3 is 2.55 bits per heavy atom. The maximum atomic E-state index is 12.3. The van der Waals surface area contributed by atoms with Crippen molar-refractivity contribution < 1.29 is 23.8 Å². The van der Waals surface area contributed by atoms with Crippen molar-refractivity contribution in [3.05, 3.63) is 68.4 Å². The Hall–Kier alpha value is -2.75. The van der Waals surface area contributed by atoms with E-state index in [0.717, 1.165) is 9.13 Å². The minimum atomic E-state index is -0.665. The normalized spacial score (nSPS) is 16.0. The lowest BCUT2D eigenvalue weighted by Gasteiger charge is -2.28. The first-order valence-corrected chi connectivity index (χ1v) is 9.93. The molecular formula is C21H21IN2O5. The Morgan fingerprint density at radius 2 is 1.90 bits per heavy atom. The van der Waals surface area contributed by atoms with E-state index in [1.165, 1.54) is 7.11 Å². The summed E-state index contributed by atoms with van der Waals surface area (Å²) in [4.78, 5) is 24.3. The monoisotopic (exact) mass is 508 g/mol. The second kappa shape index (κ2) is 9.17. The van der Waals surface area contributed by atoms with Crippen LogP contribution in [-0.4, -0.2) is 26.2 Å². The fourth-order valence-corrected chi connectivity index (χ4v) is 3.88. The van der Waals surface area contributed by atoms with E-state index in [0.29, 0.717) is 34.9 Å². The average Bonchev–Trinajstić information content (AvgIpc) is 2.72. The molecule has 0 saturated heterocycles. The molecule has 0 aromatic heterocycles. The third-order valence-electron chi connectivity index (χ3n) is 4.49. The van der Waals surface area contributed by atoms with Crippen LogP contribution in [0.4, 0.5) is 4.79 Å². The number of amides is 2. The molecule has 8 heteroatoms. The molecule has 1 atom stereocenters. The van der Waals surface area contributed by atoms with Gasteiger partial charge in [-0.3, -0.25) is 0 Å². The molecule has 1 aliphatic heterocycles. The minimum absolute atomic E-state index is 0.336. The molecule has 1 aliphatic rings. The molecule has 2 amide bonds. The van der Waals surface area contributed by atoms with Gasteiger partial charge in [-0.15, -0.1) is 0 Å². The molecule has 0 radical (unpaired) electrons. The SMILES string of the molecule is COC(=O)C1=C(C)NC(=O)N[C@@H]1c1cc(I)c(OCc2ccccc2)c(OC)c1. The molecule has 0 aliphatic carbocycles. The number of urea groups is 1. The molecule has 2 N–H and O–H groups in total. The van der Waals surface area contributed by atoms with Gasteiger partial charge in [-0.25, -0.2) is 9.59 Å². The number of methoxy groups -OCH3 is 2. The smallest absolute Gasteiger partial charge is 0.337 e. The van der Waals surface area contributed by atoms with Gasteiger partial charge in [0.1, 0.15) is 6.61 Å². The van der Waals surface area contributed by atoms with Gasteiger partial charge in [-0.1, -0.05) is 30.3 Å². The van der Waals surface area contributed by atoms with Gasteiger partial charge in [0.2, 0.25) is 0 Å². The van der Waals surface area contributed by atoms with Crippen molar-refractivity contribution in [3.8, 4) is 11.5 Å². The second-order valence-corrected chi connectivity index (χ2v) is 7.53. The zero-order valence-corrected chi connectivity index (χ0v) is 18.4. The van der Waals surface area contributed by atoms with E-state index < -0.39 is 18.0 Å². The maximum absolute atomic E-state index is 12.3. The Labute approximate surface area is 182 Å². The standard InChI is InChI=1S/C21H21IN2O5/c1-12-17(20(25)28-3)18(24-21(26)23-12)14-9-15(22)19(16(10-14)27-2)29-11-13-7-5-4-6-8-13/h4-10,18H,11H2,1-3H3,(H2,23,24,26)/t18-/m1/s1. The van der Waals surface area contributed by atoms with Gasteiger partial charge < -0.3 is 24.8 Å². The molecule has 0 saturated carbocycles. The van der Waals surface area contributed by atoms with Crippen LogP contribution in [0.1, 0.15) is 24.1 Å². The number of carbonyl (C=O) groups is 2. The van der Waals surface area contributed by atoms with E-state index in [2.05, 4.69) is 33.2 Å². The first kappa shape index (κ1) is 21.0. The van der Waals surface area contributed by atoms with Crippen molar-refractivity contribution in [1.82, 2.24) is 10.6 Å². The summed E-state index contributed by atoms with van der Waals surface area (Å²) in [5.74, 6) is 0.595. The van der Waals surface area contributed by atoms with Crippen LogP contribution >= 0.6 is 22.6 Å². The van der Waals surface area contributed by atoms with Crippen molar-refractivity contribution in [1.29, 1.82) is 0 Å². The van der Waals surface area contributed by atoms with Crippen molar-refractivity contribution in [2.24, 2.45) is 0 Å². The number of ether oxygens (including phenoxy) is 3. The van der Waals surface area contributed by atoms with Gasteiger partial charge in [-0.2, -0.15) is 0 Å². The lowest BCUT2D eigenvalue weighted by Crippen LogP contribution is -2.45. The molecule has 0 fully saturated rings. The molecule has 1 heterocycles. The van der Waals surface area contributed by atoms with E-state index >= 15 is 0 Å². The Morgan fingerprint density at radius 1 is 1.17 bits per heavy atom. The van der Waals surface area contributed by atoms with Crippen LogP contribution < -0.4 is 20.1 Å². The lowest BCUT2D eigenvalue weighted by molar-refractivity contribution is -0.136. The molecule has 0 spiro atoms. The molecule has 2 aromatic carbocycles. The summed E-state index contributed by atoms with van der Waals surface area (Å²) < 4.78 is 17.2. The summed E-state index contributed by atoms with van der Waals surface area (Å²) in [5, 5.41) is 5.38. The van der Waals surface area contributed by atoms with Crippen LogP contribution in [0.5, 0.6) is 11.5 Å². The highest BCUT2D eigenvalue weighted by Gasteiger charge is 2.33. The van der Waals surface area contributed by atoms with Crippen molar-refractivity contribution in [3.63, 3.8) is 0 Å². The van der Waals surface area contributed by atoms with E-state index in [1.807, 2.05) is 36.4 Å². The Balaban J connectivity index is 1.96. The third-order valence-corrected chi connectivity index (χ3v) is 5.29. The van der Waals surface area contributed by atoms with Crippen molar-refractivity contribution >= 4 is 34.6 Å². The summed E-state index contributed by atoms with van der Waals surface area (Å²) >= 11 is 2.15. The van der Waals surface area contributed by atoms with Gasteiger partial charge in [0.25, 0.3) is 0 Å². The Kier molecular flexibility index (Phi) is 6.63. The molecule has 7 nitrogen and oxygen atoms in total. The van der Waals surface area contributed by atoms with E-state index in [4.69, 9.17) is 14.2 Å². The van der Waals surface area contributed by atoms with Crippen molar-refractivity contribution in [2.75, 3.05) is 14.2 Å². The molecule has 2 aromatic rings. The number of allylic oxidation sites excluding steroid dienone is 1. The Bertz CT molecular complexity index is 959. The topological polar surface area (TPSA) is 85.9 Å². The number of halogens is 1. The predicted octanol–water partition coefficient (Wildman–Crippen LogP) is 3.68. The number of hydrogen-bond acceptors (Lipinski definition) is 5. The molecule has 0 unspecified atom stereocenters. The molecule has 152 valence electrons. The quantitative estimate of drug-likeness (QED) is 0.460. The first-order chi connectivity index (χ1) is 13.9. The van der Waals surface area contributed by atoms with Gasteiger partial charge in [-0.05, 0) is 52.8 Å². The van der Waals surface area contributed by atoms with Crippen LogP contribution in [0.3, 0.4) is 0 Å². The molecule has 0 bridgehead atoms. The number of carbonyl (C=O) groups excluding carboxylic acids is 2. The fraction of sp³-hybridized carbons (Fsp3) is 0.238. The number of esters is 1. The van der Waals surface area contributed by atoms with E-state index in [1.54, 1.807) is 20.1 Å². The zero-order chi connectivity index (χ0) is 21.0. The highest BCUT2D eigenvalue weighted by atomic mass is 127. The summed E-state index contributed by atoms with van der Waals surface area (Å²) in [6, 6.07) is 12.4. The average molecular weight is 508 g/mol. The highest BCUT2D eigenvalue weighted by Crippen LogP contribution is 2.38. The van der Waals surface area contributed by atoms with Crippen LogP contribution in [-0.2, 0) is 16.1 Å². The molecule has 3 rings (SSSR count). The highest BCUT2D eigenvalue weighted by molar-refractivity contribution is 14.1. The summed E-state index contributed by atoms with van der Waals surface area (Å²) in [6.07, 6.45) is 0. The van der Waals surface area contributed by atoms with Gasteiger partial charge in [0, 0.05) is 5.70 Å². The maximum Gasteiger partial charge on any atom is 0.337 e. The largest absolute Gasteiger partial charge is 0.493 e. The minimum Gasteiger partial charge on any atom is -0.493 e. The van der Waals surface area contributed by atoms with E-state index in [9.17, 15) is 9.59 Å². The van der Waals surface area contributed by atoms with Gasteiger partial charge in [0.05, 0.1) is 29.4 Å². The summed E-state index contributed by atoms with van der Waals surface area (Å²) in [6.45, 7) is 2.06. The predicted molar refractivity (Wildman–Crippen MR) is 116 cm³/mol. The second-order valence-electron chi connectivity index (χ2n) is 6.37. The van der Waals surface area contributed by atoms with Gasteiger partial charge >= 0.3 is 12.0 Å². The van der Waals surface area contributed by atoms with Crippen LogP contribution in [0.2, 0.25) is 0 Å². The van der Waals surface area contributed by atoms with Crippen LogP contribution in [0, 0.1) is 3.57 Å².